The molecule has 180 valence electrons. The number of nitrogens with one attached hydrogen (secondary N) is 2. The highest BCUT2D eigenvalue weighted by atomic mass is 32.2. The molecule has 0 saturated carbocycles. The lowest BCUT2D eigenvalue weighted by atomic mass is 10.0. The van der Waals surface area contributed by atoms with E-state index in [2.05, 4.69) is 14.9 Å². The molecule has 2 unspecified atom stereocenters. The number of likely N-dealkylation sites (tertiary alicyclic amines) is 1. The molecular weight excluding hydrogens is 438 g/mol. The third kappa shape index (κ3) is 6.79. The Hall–Kier alpha value is -2.42. The Morgan fingerprint density at radius 2 is 1.67 bits per heavy atom. The van der Waals surface area contributed by atoms with E-state index in [0.29, 0.717) is 18.5 Å². The van der Waals surface area contributed by atoms with Gasteiger partial charge in [-0.05, 0) is 81.2 Å². The van der Waals surface area contributed by atoms with Crippen molar-refractivity contribution in [3.8, 4) is 5.75 Å². The van der Waals surface area contributed by atoms with E-state index >= 15 is 0 Å². The maximum atomic E-state index is 12.8. The highest BCUT2D eigenvalue weighted by molar-refractivity contribution is 7.89. The van der Waals surface area contributed by atoms with Crippen LogP contribution in [-0.2, 0) is 10.0 Å². The third-order valence-corrected chi connectivity index (χ3v) is 7.79. The number of carbonyl (C=O) groups excluding carboxylic acids is 1. The number of nitrogens with zero attached hydrogens (tertiary/aromatic N) is 1. The van der Waals surface area contributed by atoms with Crippen molar-refractivity contribution in [3.05, 3.63) is 59.7 Å². The minimum absolute atomic E-state index is 0.0690. The summed E-state index contributed by atoms with van der Waals surface area (Å²) in [5.41, 5.74) is 1.57. The van der Waals surface area contributed by atoms with Crippen LogP contribution >= 0.6 is 0 Å². The Morgan fingerprint density at radius 1 is 1.03 bits per heavy atom. The van der Waals surface area contributed by atoms with Gasteiger partial charge in [0.2, 0.25) is 10.0 Å². The minimum atomic E-state index is -3.59. The fourth-order valence-corrected chi connectivity index (χ4v) is 5.33. The van der Waals surface area contributed by atoms with Gasteiger partial charge in [-0.25, -0.2) is 13.1 Å². The topological polar surface area (TPSA) is 87.7 Å². The first-order chi connectivity index (χ1) is 15.8. The van der Waals surface area contributed by atoms with Crippen LogP contribution in [0.4, 0.5) is 0 Å². The fraction of sp³-hybridized carbons (Fsp3) is 0.480. The summed E-state index contributed by atoms with van der Waals surface area (Å²) >= 11 is 0. The van der Waals surface area contributed by atoms with Crippen molar-refractivity contribution < 1.29 is 17.9 Å². The van der Waals surface area contributed by atoms with Gasteiger partial charge in [0.15, 0.2) is 0 Å². The average Bonchev–Trinajstić information content (AvgIpc) is 2.84. The van der Waals surface area contributed by atoms with Crippen LogP contribution in [0.15, 0.2) is 53.4 Å². The van der Waals surface area contributed by atoms with Gasteiger partial charge < -0.3 is 10.1 Å². The van der Waals surface area contributed by atoms with Gasteiger partial charge in [-0.1, -0.05) is 25.5 Å². The summed E-state index contributed by atoms with van der Waals surface area (Å²) < 4.78 is 32.8. The zero-order chi connectivity index (χ0) is 23.8. The Kier molecular flexibility index (Phi) is 8.88. The number of methoxy groups -OCH3 is 1. The smallest absolute Gasteiger partial charge is 0.251 e. The average molecular weight is 474 g/mol. The summed E-state index contributed by atoms with van der Waals surface area (Å²) in [4.78, 5) is 15.4. The molecular formula is C25H35N3O4S. The van der Waals surface area contributed by atoms with Gasteiger partial charge in [0.25, 0.3) is 5.91 Å². The predicted octanol–water partition coefficient (Wildman–Crippen LogP) is 3.73. The van der Waals surface area contributed by atoms with Crippen molar-refractivity contribution >= 4 is 15.9 Å². The lowest BCUT2D eigenvalue weighted by Gasteiger charge is -2.35. The number of hydrogen-bond donors (Lipinski definition) is 2. The van der Waals surface area contributed by atoms with E-state index in [1.54, 1.807) is 19.2 Å². The highest BCUT2D eigenvalue weighted by Gasteiger charge is 2.23. The molecule has 2 aromatic carbocycles. The van der Waals surface area contributed by atoms with Gasteiger partial charge in [0.1, 0.15) is 5.75 Å². The zero-order valence-electron chi connectivity index (χ0n) is 19.7. The highest BCUT2D eigenvalue weighted by Crippen LogP contribution is 2.26. The monoisotopic (exact) mass is 473 g/mol. The van der Waals surface area contributed by atoms with Crippen molar-refractivity contribution in [2.24, 2.45) is 0 Å². The predicted molar refractivity (Wildman–Crippen MR) is 130 cm³/mol. The second-order valence-corrected chi connectivity index (χ2v) is 10.3. The molecule has 33 heavy (non-hydrogen) atoms. The molecule has 0 radical (unpaired) electrons. The number of hydrogen-bond acceptors (Lipinski definition) is 5. The number of benzene rings is 2. The van der Waals surface area contributed by atoms with Gasteiger partial charge in [-0.15, -0.1) is 0 Å². The number of rotatable bonds is 10. The maximum Gasteiger partial charge on any atom is 0.251 e. The first-order valence-corrected chi connectivity index (χ1v) is 13.1. The summed E-state index contributed by atoms with van der Waals surface area (Å²) in [6.45, 7) is 6.22. The fourth-order valence-electron chi connectivity index (χ4n) is 4.01. The van der Waals surface area contributed by atoms with E-state index in [-0.39, 0.29) is 22.9 Å². The van der Waals surface area contributed by atoms with Crippen molar-refractivity contribution in [2.45, 2.75) is 56.5 Å². The third-order valence-electron chi connectivity index (χ3n) is 6.18. The molecule has 1 aliphatic heterocycles. The van der Waals surface area contributed by atoms with Gasteiger partial charge in [0.05, 0.1) is 18.0 Å². The molecule has 7 nitrogen and oxygen atoms in total. The van der Waals surface area contributed by atoms with Crippen LogP contribution < -0.4 is 14.8 Å². The normalized spacial score (nSPS) is 16.7. The van der Waals surface area contributed by atoms with Gasteiger partial charge in [0, 0.05) is 18.2 Å². The summed E-state index contributed by atoms with van der Waals surface area (Å²) in [5, 5.41) is 3.05. The van der Waals surface area contributed by atoms with Crippen molar-refractivity contribution in [1.82, 2.24) is 14.9 Å². The van der Waals surface area contributed by atoms with Crippen LogP contribution in [0.5, 0.6) is 5.75 Å². The van der Waals surface area contributed by atoms with E-state index in [1.807, 2.05) is 38.1 Å². The number of carbonyl (C=O) groups is 1. The van der Waals surface area contributed by atoms with Crippen LogP contribution in [0.3, 0.4) is 0 Å². The molecule has 0 aromatic heterocycles. The second-order valence-electron chi connectivity index (χ2n) is 8.55. The molecule has 2 N–H and O–H groups in total. The van der Waals surface area contributed by atoms with E-state index in [9.17, 15) is 13.2 Å². The van der Waals surface area contributed by atoms with Gasteiger partial charge >= 0.3 is 0 Å². The Morgan fingerprint density at radius 3 is 2.24 bits per heavy atom. The molecule has 1 heterocycles. The molecule has 1 aliphatic rings. The first kappa shape index (κ1) is 25.2. The molecule has 0 aliphatic carbocycles. The number of sulfonamides is 1. The van der Waals surface area contributed by atoms with Crippen LogP contribution in [0.2, 0.25) is 0 Å². The SMILES string of the molecule is CCC(C)NS(=O)(=O)c1ccc(C(=O)NCC(c2ccc(OC)cc2)N2CCCCC2)cc1. The minimum Gasteiger partial charge on any atom is -0.497 e. The van der Waals surface area contributed by atoms with Crippen molar-refractivity contribution in [1.29, 1.82) is 0 Å². The van der Waals surface area contributed by atoms with Crippen molar-refractivity contribution in [2.75, 3.05) is 26.7 Å². The molecule has 1 saturated heterocycles. The largest absolute Gasteiger partial charge is 0.497 e. The van der Waals surface area contributed by atoms with E-state index in [4.69, 9.17) is 4.74 Å². The number of ether oxygens (including phenoxy) is 1. The Labute approximate surface area is 197 Å². The lowest BCUT2D eigenvalue weighted by Crippen LogP contribution is -2.40. The van der Waals surface area contributed by atoms with Crippen molar-refractivity contribution in [3.63, 3.8) is 0 Å². The first-order valence-electron chi connectivity index (χ1n) is 11.6. The van der Waals surface area contributed by atoms with E-state index < -0.39 is 10.0 Å². The molecule has 1 fully saturated rings. The standard InChI is InChI=1S/C25H35N3O4S/c1-4-19(2)27-33(30,31)23-14-10-21(11-15-23)25(29)26-18-24(28-16-6-5-7-17-28)20-8-12-22(32-3)13-9-20/h8-15,19,24,27H,4-7,16-18H2,1-3H3,(H,26,29). The Bertz CT molecular complexity index is 1000. The van der Waals surface area contributed by atoms with E-state index in [0.717, 1.165) is 37.2 Å². The summed E-state index contributed by atoms with van der Waals surface area (Å²) in [7, 11) is -1.95. The van der Waals surface area contributed by atoms with Crippen LogP contribution in [0.1, 0.15) is 61.5 Å². The molecule has 3 rings (SSSR count). The molecule has 2 aromatic rings. The zero-order valence-corrected chi connectivity index (χ0v) is 20.5. The van der Waals surface area contributed by atoms with Crippen LogP contribution in [-0.4, -0.2) is 52.0 Å². The molecule has 0 bridgehead atoms. The maximum absolute atomic E-state index is 12.8. The van der Waals surface area contributed by atoms with Gasteiger partial charge in [-0.2, -0.15) is 0 Å². The summed E-state index contributed by atoms with van der Waals surface area (Å²) in [6, 6.07) is 14.0. The molecule has 2 atom stereocenters. The molecule has 0 spiro atoms. The van der Waals surface area contributed by atoms with E-state index in [1.165, 1.54) is 18.6 Å². The number of amides is 1. The number of piperidine rings is 1. The summed E-state index contributed by atoms with van der Waals surface area (Å²) in [6.07, 6.45) is 4.24. The quantitative estimate of drug-likeness (QED) is 0.549. The van der Waals surface area contributed by atoms with Crippen LogP contribution in [0, 0.1) is 0 Å². The molecule has 1 amide bonds. The lowest BCUT2D eigenvalue weighted by molar-refractivity contribution is 0.0924. The van der Waals surface area contributed by atoms with Crippen LogP contribution in [0.25, 0.3) is 0 Å². The summed E-state index contributed by atoms with van der Waals surface area (Å²) in [5.74, 6) is 0.586. The van der Waals surface area contributed by atoms with Gasteiger partial charge in [-0.3, -0.25) is 9.69 Å². The second kappa shape index (κ2) is 11.6. The molecule has 8 heteroatoms. The Balaban J connectivity index is 1.69.